The Morgan fingerprint density at radius 1 is 0.871 bits per heavy atom. The third kappa shape index (κ3) is 6.04. The number of halogens is 1. The van der Waals surface area contributed by atoms with Crippen molar-refractivity contribution < 1.29 is 18.3 Å². The van der Waals surface area contributed by atoms with E-state index in [1.165, 1.54) is 0 Å². The molecule has 170 valence electrons. The van der Waals surface area contributed by atoms with E-state index in [0.29, 0.717) is 26.1 Å². The van der Waals surface area contributed by atoms with Gasteiger partial charge in [0, 0.05) is 0 Å². The predicted octanol–water partition coefficient (Wildman–Crippen LogP) is 6.68. The highest BCUT2D eigenvalue weighted by Crippen LogP contribution is 2.45. The van der Waals surface area contributed by atoms with Gasteiger partial charge < -0.3 is 13.9 Å². The zero-order chi connectivity index (χ0) is 22.5. The van der Waals surface area contributed by atoms with Gasteiger partial charge in [0.2, 0.25) is 0 Å². The van der Waals surface area contributed by atoms with Crippen LogP contribution in [0, 0.1) is 0 Å². The summed E-state index contributed by atoms with van der Waals surface area (Å²) in [4.78, 5) is 0. The van der Waals surface area contributed by atoms with E-state index in [4.69, 9.17) is 13.9 Å². The molecular weight excluding hydrogens is 407 g/mol. The van der Waals surface area contributed by atoms with Gasteiger partial charge in [0.05, 0.1) is 32.0 Å². The molecule has 2 aromatic carbocycles. The van der Waals surface area contributed by atoms with Crippen molar-refractivity contribution >= 4 is 8.32 Å². The van der Waals surface area contributed by atoms with Crippen LogP contribution in [0.25, 0.3) is 0 Å². The molecular formula is C26H37FO3Si. The molecule has 3 rings (SSSR count). The van der Waals surface area contributed by atoms with Crippen LogP contribution in [0.15, 0.2) is 60.7 Å². The molecule has 0 heterocycles. The second-order valence-corrected chi connectivity index (χ2v) is 14.9. The summed E-state index contributed by atoms with van der Waals surface area (Å²) in [6, 6.07) is 19.8. The molecule has 0 unspecified atom stereocenters. The number of ether oxygens (including phenoxy) is 2. The van der Waals surface area contributed by atoms with Gasteiger partial charge in [-0.25, -0.2) is 4.39 Å². The lowest BCUT2D eigenvalue weighted by Gasteiger charge is -2.42. The molecule has 3 atom stereocenters. The summed E-state index contributed by atoms with van der Waals surface area (Å²) in [6.07, 6.45) is 0.234. The lowest BCUT2D eigenvalue weighted by molar-refractivity contribution is -0.124. The zero-order valence-electron chi connectivity index (χ0n) is 19.6. The summed E-state index contributed by atoms with van der Waals surface area (Å²) in [6.45, 7) is 11.6. The van der Waals surface area contributed by atoms with Crippen LogP contribution in [0.4, 0.5) is 4.39 Å². The fourth-order valence-corrected chi connectivity index (χ4v) is 5.14. The van der Waals surface area contributed by atoms with Gasteiger partial charge in [0.1, 0.15) is 0 Å². The van der Waals surface area contributed by atoms with Crippen LogP contribution >= 0.6 is 0 Å². The minimum absolute atomic E-state index is 0.0157. The Bertz CT molecular complexity index is 806. The van der Waals surface area contributed by atoms with E-state index in [9.17, 15) is 0 Å². The first-order valence-electron chi connectivity index (χ1n) is 11.3. The molecule has 1 aliphatic rings. The highest BCUT2D eigenvalue weighted by Gasteiger charge is 2.55. The van der Waals surface area contributed by atoms with E-state index in [1.54, 1.807) is 0 Å². The third-order valence-electron chi connectivity index (χ3n) is 6.73. The molecule has 2 aromatic rings. The smallest absolute Gasteiger partial charge is 0.192 e. The van der Waals surface area contributed by atoms with Crippen molar-refractivity contribution in [3.63, 3.8) is 0 Å². The lowest BCUT2D eigenvalue weighted by atomic mass is 10.0. The first kappa shape index (κ1) is 24.1. The topological polar surface area (TPSA) is 27.7 Å². The number of rotatable bonds is 9. The van der Waals surface area contributed by atoms with Crippen LogP contribution in [0.1, 0.15) is 44.7 Å². The van der Waals surface area contributed by atoms with Crippen LogP contribution in [-0.4, -0.2) is 32.8 Å². The summed E-state index contributed by atoms with van der Waals surface area (Å²) < 4.78 is 35.2. The fraction of sp³-hybridized carbons (Fsp3) is 0.538. The Labute approximate surface area is 188 Å². The average Bonchev–Trinajstić information content (AvgIpc) is 3.02. The van der Waals surface area contributed by atoms with Gasteiger partial charge in [-0.1, -0.05) is 81.4 Å². The standard InChI is InChI=1S/C26H37FO3Si/c1-25(2,3)31(4,5)30-24-17-16-23(29-19-22-14-10-7-11-15-22)26(24,27)20-28-18-21-12-8-6-9-13-21/h6-15,23-24H,16-20H2,1-5H3/t23-,24-,26+/m0/s1. The van der Waals surface area contributed by atoms with Gasteiger partial charge in [0.15, 0.2) is 14.0 Å². The van der Waals surface area contributed by atoms with Crippen molar-refractivity contribution in [3.8, 4) is 0 Å². The Hall–Kier alpha value is -1.53. The Morgan fingerprint density at radius 3 is 1.94 bits per heavy atom. The maximum absolute atomic E-state index is 16.6. The Balaban J connectivity index is 1.72. The quantitative estimate of drug-likeness (QED) is 0.404. The summed E-state index contributed by atoms with van der Waals surface area (Å²) in [5.74, 6) is 0. The highest BCUT2D eigenvalue weighted by atomic mass is 28.4. The van der Waals surface area contributed by atoms with Crippen molar-refractivity contribution in [3.05, 3.63) is 71.8 Å². The minimum atomic E-state index is -2.13. The maximum atomic E-state index is 16.6. The van der Waals surface area contributed by atoms with Gasteiger partial charge >= 0.3 is 0 Å². The van der Waals surface area contributed by atoms with Gasteiger partial charge in [-0.3, -0.25) is 0 Å². The van der Waals surface area contributed by atoms with Gasteiger partial charge in [0.25, 0.3) is 0 Å². The van der Waals surface area contributed by atoms with Gasteiger partial charge in [-0.15, -0.1) is 0 Å². The van der Waals surface area contributed by atoms with Crippen LogP contribution in [0.2, 0.25) is 18.1 Å². The van der Waals surface area contributed by atoms with E-state index in [-0.39, 0.29) is 11.6 Å². The van der Waals surface area contributed by atoms with Crippen molar-refractivity contribution in [2.45, 2.75) is 82.8 Å². The molecule has 31 heavy (non-hydrogen) atoms. The van der Waals surface area contributed by atoms with E-state index in [1.807, 2.05) is 60.7 Å². The number of hydrogen-bond acceptors (Lipinski definition) is 3. The van der Waals surface area contributed by atoms with Crippen LogP contribution in [-0.2, 0) is 27.1 Å². The van der Waals surface area contributed by atoms with Crippen LogP contribution < -0.4 is 0 Å². The summed E-state index contributed by atoms with van der Waals surface area (Å²) in [5.41, 5.74) is 0.413. The second-order valence-electron chi connectivity index (χ2n) is 10.1. The molecule has 1 aliphatic carbocycles. The first-order valence-corrected chi connectivity index (χ1v) is 14.2. The SMILES string of the molecule is CC(C)(C)[Si](C)(C)O[C@H]1CC[C@H](OCc2ccccc2)[C@]1(F)COCc1ccccc1. The molecule has 0 spiro atoms. The highest BCUT2D eigenvalue weighted by molar-refractivity contribution is 6.74. The lowest BCUT2D eigenvalue weighted by Crippen LogP contribution is -2.54. The van der Waals surface area contributed by atoms with E-state index in [2.05, 4.69) is 33.9 Å². The third-order valence-corrected chi connectivity index (χ3v) is 11.2. The predicted molar refractivity (Wildman–Crippen MR) is 126 cm³/mol. The zero-order valence-corrected chi connectivity index (χ0v) is 20.6. The molecule has 0 saturated heterocycles. The summed E-state index contributed by atoms with van der Waals surface area (Å²) in [5, 5.41) is 0.0157. The first-order chi connectivity index (χ1) is 14.6. The number of alkyl halides is 1. The number of benzene rings is 2. The van der Waals surface area contributed by atoms with Crippen molar-refractivity contribution in [1.29, 1.82) is 0 Å². The van der Waals surface area contributed by atoms with E-state index in [0.717, 1.165) is 11.1 Å². The van der Waals surface area contributed by atoms with Gasteiger partial charge in [-0.2, -0.15) is 0 Å². The number of hydrogen-bond donors (Lipinski definition) is 0. The van der Waals surface area contributed by atoms with Crippen molar-refractivity contribution in [1.82, 2.24) is 0 Å². The Morgan fingerprint density at radius 2 is 1.39 bits per heavy atom. The largest absolute Gasteiger partial charge is 0.410 e. The minimum Gasteiger partial charge on any atom is -0.410 e. The molecule has 1 fully saturated rings. The molecule has 0 aromatic heterocycles. The van der Waals surface area contributed by atoms with Crippen LogP contribution in [0.3, 0.4) is 0 Å². The molecule has 3 nitrogen and oxygen atoms in total. The second kappa shape index (κ2) is 9.95. The normalized spacial score (nSPS) is 24.5. The maximum Gasteiger partial charge on any atom is 0.192 e. The summed E-state index contributed by atoms with van der Waals surface area (Å²) >= 11 is 0. The molecule has 0 aliphatic heterocycles. The monoisotopic (exact) mass is 444 g/mol. The molecule has 1 saturated carbocycles. The van der Waals surface area contributed by atoms with Crippen LogP contribution in [0.5, 0.6) is 0 Å². The van der Waals surface area contributed by atoms with Crippen molar-refractivity contribution in [2.75, 3.05) is 6.61 Å². The average molecular weight is 445 g/mol. The summed E-state index contributed by atoms with van der Waals surface area (Å²) in [7, 11) is -2.13. The molecule has 0 N–H and O–H groups in total. The molecule has 0 bridgehead atoms. The fourth-order valence-electron chi connectivity index (χ4n) is 3.76. The van der Waals surface area contributed by atoms with Crippen molar-refractivity contribution in [2.24, 2.45) is 0 Å². The molecule has 0 amide bonds. The molecule has 0 radical (unpaired) electrons. The van der Waals surface area contributed by atoms with E-state index < -0.39 is 26.2 Å². The molecule has 5 heteroatoms. The van der Waals surface area contributed by atoms with Gasteiger partial charge in [-0.05, 0) is 42.1 Å². The Kier molecular flexibility index (Phi) is 7.74. The van der Waals surface area contributed by atoms with E-state index >= 15 is 4.39 Å².